The molecular weight excluding hydrogens is 302 g/mol. The van der Waals surface area contributed by atoms with Crippen molar-refractivity contribution < 1.29 is 8.84 Å². The van der Waals surface area contributed by atoms with Gasteiger partial charge in [0.25, 0.3) is 0 Å². The van der Waals surface area contributed by atoms with Crippen molar-refractivity contribution in [3.05, 3.63) is 11.3 Å². The van der Waals surface area contributed by atoms with Gasteiger partial charge in [0.2, 0.25) is 5.65 Å². The van der Waals surface area contributed by atoms with E-state index >= 15 is 0 Å². The highest BCUT2D eigenvalue weighted by Crippen LogP contribution is 2.26. The van der Waals surface area contributed by atoms with E-state index in [1.54, 1.807) is 6.26 Å². The number of anilines is 1. The van der Waals surface area contributed by atoms with E-state index in [1.165, 1.54) is 0 Å². The molecule has 1 fully saturated rings. The van der Waals surface area contributed by atoms with Crippen LogP contribution in [-0.2, 0) is 16.1 Å². The molecule has 2 aromatic heterocycles. The number of nitrogens with zero attached hydrogens (tertiary/aromatic N) is 4. The van der Waals surface area contributed by atoms with Crippen molar-refractivity contribution >= 4 is 32.2 Å². The van der Waals surface area contributed by atoms with Gasteiger partial charge in [-0.3, -0.25) is 9.11 Å². The first kappa shape index (κ1) is 15.2. The zero-order valence-corrected chi connectivity index (χ0v) is 13.7. The number of hydrogen-bond acceptors (Lipinski definition) is 7. The lowest BCUT2D eigenvalue weighted by molar-refractivity contribution is 0.223. The van der Waals surface area contributed by atoms with Crippen LogP contribution in [0.5, 0.6) is 0 Å². The lowest BCUT2D eigenvalue weighted by Gasteiger charge is -2.33. The molecule has 2 N–H and O–H groups in total. The van der Waals surface area contributed by atoms with Gasteiger partial charge in [0, 0.05) is 29.3 Å². The Morgan fingerprint density at radius 2 is 2.09 bits per heavy atom. The normalized spacial score (nSPS) is 20.3. The molecule has 1 aliphatic rings. The molecule has 1 atom stereocenters. The Balaban J connectivity index is 1.77. The monoisotopic (exact) mass is 323 g/mol. The summed E-state index contributed by atoms with van der Waals surface area (Å²) in [7, 11) is -1.95. The molecule has 0 aromatic carbocycles. The van der Waals surface area contributed by atoms with Crippen LogP contribution in [0.3, 0.4) is 0 Å². The first-order valence-corrected chi connectivity index (χ1v) is 9.46. The van der Waals surface area contributed by atoms with Gasteiger partial charge < -0.3 is 5.73 Å². The molecule has 8 heteroatoms. The van der Waals surface area contributed by atoms with Crippen LogP contribution in [0, 0.1) is 6.92 Å². The van der Waals surface area contributed by atoms with E-state index in [2.05, 4.69) is 26.1 Å². The van der Waals surface area contributed by atoms with Crippen molar-refractivity contribution in [1.29, 1.82) is 0 Å². The smallest absolute Gasteiger partial charge is 0.226 e. The van der Waals surface area contributed by atoms with Crippen molar-refractivity contribution in [2.45, 2.75) is 31.6 Å². The minimum atomic E-state index is -1.95. The first-order valence-electron chi connectivity index (χ1n) is 7.27. The molecule has 0 radical (unpaired) electrons. The first-order chi connectivity index (χ1) is 10.4. The minimum absolute atomic E-state index is 0.211. The second-order valence-corrected chi connectivity index (χ2v) is 8.88. The van der Waals surface area contributed by atoms with E-state index in [-0.39, 0.29) is 5.25 Å². The number of rotatable bonds is 3. The van der Waals surface area contributed by atoms with Gasteiger partial charge >= 0.3 is 0 Å². The fraction of sp³-hybridized carbons (Fsp3) is 0.571. The lowest BCUT2D eigenvalue weighted by Crippen LogP contribution is -2.38. The zero-order valence-electron chi connectivity index (χ0n) is 12.9. The van der Waals surface area contributed by atoms with E-state index in [0.717, 1.165) is 37.2 Å². The minimum Gasteiger partial charge on any atom is -0.396 e. The van der Waals surface area contributed by atoms with Crippen LogP contribution in [0.4, 0.5) is 5.69 Å². The number of nitrogens with two attached hydrogens (primary N) is 1. The third-order valence-corrected chi connectivity index (χ3v) is 6.26. The predicted octanol–water partition coefficient (Wildman–Crippen LogP) is 0.819. The van der Waals surface area contributed by atoms with E-state index in [0.29, 0.717) is 23.4 Å². The van der Waals surface area contributed by atoms with Crippen LogP contribution >= 0.6 is 0 Å². The van der Waals surface area contributed by atoms with Crippen molar-refractivity contribution in [3.8, 4) is 0 Å². The predicted molar refractivity (Wildman–Crippen MR) is 88.2 cm³/mol. The molecule has 2 aromatic rings. The molecule has 22 heavy (non-hydrogen) atoms. The van der Waals surface area contributed by atoms with Crippen LogP contribution in [0.1, 0.15) is 24.1 Å². The summed E-state index contributed by atoms with van der Waals surface area (Å²) >= 11 is 0. The van der Waals surface area contributed by atoms with Crippen molar-refractivity contribution in [1.82, 2.24) is 20.2 Å². The second kappa shape index (κ2) is 5.51. The molecule has 120 valence electrons. The van der Waals surface area contributed by atoms with Crippen molar-refractivity contribution in [3.63, 3.8) is 0 Å². The Morgan fingerprint density at radius 3 is 2.73 bits per heavy atom. The molecule has 7 nitrogen and oxygen atoms in total. The summed E-state index contributed by atoms with van der Waals surface area (Å²) in [5.41, 5.74) is 9.55. The van der Waals surface area contributed by atoms with E-state index in [4.69, 9.17) is 10.4 Å². The second-order valence-electron chi connectivity index (χ2n) is 6.07. The Bertz CT molecular complexity index is 791. The summed E-state index contributed by atoms with van der Waals surface area (Å²) in [6, 6.07) is 0. The Hall–Kier alpha value is -1.67. The Kier molecular flexibility index (Phi) is 3.82. The van der Waals surface area contributed by atoms with E-state index in [1.807, 2.05) is 6.92 Å². The SMILES string of the molecule is C=S(C)(=O)C1CCN(Cc2c(C)nc3nonc3c2N)CC1. The molecule has 3 rings (SSSR count). The average molecular weight is 323 g/mol. The van der Waals surface area contributed by atoms with Crippen molar-refractivity contribution in [2.24, 2.45) is 0 Å². The van der Waals surface area contributed by atoms with Gasteiger partial charge in [0.1, 0.15) is 0 Å². The molecule has 1 unspecified atom stereocenters. The lowest BCUT2D eigenvalue weighted by atomic mass is 10.1. The Labute approximate surface area is 129 Å². The maximum Gasteiger partial charge on any atom is 0.226 e. The number of aromatic nitrogens is 3. The van der Waals surface area contributed by atoms with Gasteiger partial charge in [-0.25, -0.2) is 9.61 Å². The van der Waals surface area contributed by atoms with E-state index < -0.39 is 9.52 Å². The summed E-state index contributed by atoms with van der Waals surface area (Å²) in [6.07, 6.45) is 3.56. The molecule has 0 spiro atoms. The number of fused-ring (bicyclic) bond motifs is 1. The molecule has 0 bridgehead atoms. The fourth-order valence-electron chi connectivity index (χ4n) is 2.98. The molecule has 0 amide bonds. The summed E-state index contributed by atoms with van der Waals surface area (Å²) in [5, 5.41) is 7.77. The van der Waals surface area contributed by atoms with Crippen molar-refractivity contribution in [2.75, 3.05) is 25.1 Å². The maximum atomic E-state index is 12.0. The molecule has 1 saturated heterocycles. The molecular formula is C14H21N5O2S. The van der Waals surface area contributed by atoms with Crippen LogP contribution < -0.4 is 5.73 Å². The fourth-order valence-corrected chi connectivity index (χ4v) is 4.19. The number of likely N-dealkylation sites (tertiary alicyclic amines) is 1. The molecule has 0 saturated carbocycles. The van der Waals surface area contributed by atoms with Gasteiger partial charge in [-0.1, -0.05) is 0 Å². The number of piperidine rings is 1. The topological polar surface area (TPSA) is 98.1 Å². The van der Waals surface area contributed by atoms with Gasteiger partial charge in [0.15, 0.2) is 5.52 Å². The number of pyridine rings is 1. The molecule has 1 aliphatic heterocycles. The summed E-state index contributed by atoms with van der Waals surface area (Å²) in [4.78, 5) is 6.69. The highest BCUT2D eigenvalue weighted by Gasteiger charge is 2.25. The molecule has 3 heterocycles. The number of aryl methyl sites for hydroxylation is 1. The van der Waals surface area contributed by atoms with Crippen LogP contribution in [0.15, 0.2) is 4.63 Å². The van der Waals surface area contributed by atoms with E-state index in [9.17, 15) is 4.21 Å². The van der Waals surface area contributed by atoms with Crippen LogP contribution in [0.2, 0.25) is 0 Å². The Morgan fingerprint density at radius 1 is 1.41 bits per heavy atom. The van der Waals surface area contributed by atoms with Gasteiger partial charge in [-0.15, -0.1) is 0 Å². The number of nitrogen functional groups attached to an aromatic ring is 1. The van der Waals surface area contributed by atoms with Gasteiger partial charge in [0.05, 0.1) is 5.69 Å². The third-order valence-electron chi connectivity index (χ3n) is 4.38. The van der Waals surface area contributed by atoms with Gasteiger partial charge in [-0.05, 0) is 58.6 Å². The highest BCUT2D eigenvalue weighted by atomic mass is 32.2. The molecule has 0 aliphatic carbocycles. The van der Waals surface area contributed by atoms with Gasteiger partial charge in [-0.2, -0.15) is 0 Å². The largest absolute Gasteiger partial charge is 0.396 e. The maximum absolute atomic E-state index is 12.0. The summed E-state index contributed by atoms with van der Waals surface area (Å²) < 4.78 is 16.7. The zero-order chi connectivity index (χ0) is 15.9. The third kappa shape index (κ3) is 2.80. The average Bonchev–Trinajstić information content (AvgIpc) is 2.91. The number of hydrogen-bond donors (Lipinski definition) is 1. The van der Waals surface area contributed by atoms with Crippen LogP contribution in [-0.4, -0.2) is 54.9 Å². The highest BCUT2D eigenvalue weighted by molar-refractivity contribution is 8.00. The summed E-state index contributed by atoms with van der Waals surface area (Å²) in [6.45, 7) is 4.40. The standard InChI is InChI=1S/C14H21N5O2S/c1-9-11(12(15)13-14(16-9)18-21-17-13)8-19-6-4-10(5-7-19)22(2,3)20/h10H,2,4-8,15H2,1,3H3. The summed E-state index contributed by atoms with van der Waals surface area (Å²) in [5.74, 6) is 3.81. The van der Waals surface area contributed by atoms with Crippen LogP contribution in [0.25, 0.3) is 11.2 Å². The quantitative estimate of drug-likeness (QED) is 0.835.